The molecule has 0 bridgehead atoms. The van der Waals surface area contributed by atoms with E-state index in [1.54, 1.807) is 14.2 Å². The van der Waals surface area contributed by atoms with Gasteiger partial charge in [-0.05, 0) is 31.1 Å². The molecule has 0 unspecified atom stereocenters. The number of hydrogen-bond acceptors (Lipinski definition) is 3. The van der Waals surface area contributed by atoms with Crippen molar-refractivity contribution in [3.8, 4) is 0 Å². The Labute approximate surface area is 119 Å². The van der Waals surface area contributed by atoms with Gasteiger partial charge in [-0.2, -0.15) is 0 Å². The summed E-state index contributed by atoms with van der Waals surface area (Å²) < 4.78 is 4.25. The Bertz CT molecular complexity index is 163. The summed E-state index contributed by atoms with van der Waals surface area (Å²) in [5, 5.41) is 8.91. The van der Waals surface area contributed by atoms with Crippen molar-refractivity contribution < 1.29 is 14.6 Å². The lowest BCUT2D eigenvalue weighted by Crippen LogP contribution is -2.16. The van der Waals surface area contributed by atoms with Crippen LogP contribution in [0.15, 0.2) is 0 Å². The van der Waals surface area contributed by atoms with Crippen molar-refractivity contribution in [2.45, 2.75) is 65.2 Å². The summed E-state index contributed by atoms with van der Waals surface area (Å²) in [6.45, 7) is 4.66. The van der Waals surface area contributed by atoms with Crippen molar-refractivity contribution in [3.05, 3.63) is 0 Å². The molecule has 1 N–H and O–H groups in total. The molecule has 1 aliphatic rings. The van der Waals surface area contributed by atoms with Crippen LogP contribution in [-0.4, -0.2) is 32.2 Å². The summed E-state index contributed by atoms with van der Waals surface area (Å²) in [5.74, 6) is 1.60. The van der Waals surface area contributed by atoms with Gasteiger partial charge in [-0.15, -0.1) is 0 Å². The van der Waals surface area contributed by atoms with Crippen LogP contribution < -0.4 is 0 Å². The van der Waals surface area contributed by atoms with Gasteiger partial charge in [0.15, 0.2) is 0 Å². The van der Waals surface area contributed by atoms with Gasteiger partial charge in [0.05, 0.1) is 0 Å². The first kappa shape index (κ1) is 20.9. The smallest absolute Gasteiger partial charge is 0.119 e. The Morgan fingerprint density at radius 1 is 1.05 bits per heavy atom. The molecule has 0 aromatic carbocycles. The largest absolute Gasteiger partial charge is 0.396 e. The second-order valence-electron chi connectivity index (χ2n) is 5.22. The third-order valence-corrected chi connectivity index (χ3v) is 3.33. The maximum absolute atomic E-state index is 9.40. The second-order valence-corrected chi connectivity index (χ2v) is 5.22. The van der Waals surface area contributed by atoms with E-state index < -0.39 is 0 Å². The fraction of sp³-hybridized carbons (Fsp3) is 0.938. The highest BCUT2D eigenvalue weighted by Crippen LogP contribution is 2.30. The van der Waals surface area contributed by atoms with Crippen LogP contribution in [-0.2, 0) is 9.53 Å². The molecule has 3 heteroatoms. The summed E-state index contributed by atoms with van der Waals surface area (Å²) in [7, 11) is 3.25. The Kier molecular flexibility index (Phi) is 19.3. The van der Waals surface area contributed by atoms with Crippen LogP contribution in [0.2, 0.25) is 0 Å². The molecule has 0 amide bonds. The van der Waals surface area contributed by atoms with E-state index >= 15 is 0 Å². The van der Waals surface area contributed by atoms with Gasteiger partial charge in [-0.1, -0.05) is 39.5 Å². The third-order valence-electron chi connectivity index (χ3n) is 3.33. The maximum atomic E-state index is 9.40. The summed E-state index contributed by atoms with van der Waals surface area (Å²) in [4.78, 5) is 9.40. The predicted molar refractivity (Wildman–Crippen MR) is 81.3 cm³/mol. The topological polar surface area (TPSA) is 46.5 Å². The molecule has 1 saturated carbocycles. The van der Waals surface area contributed by atoms with E-state index in [4.69, 9.17) is 5.11 Å². The standard InChI is InChI=1S/C10H20O.C4H8O.C2H6O/c1-2-3-9-4-6-10(8-11)7-5-9;1-2-3-4-5;1-3-2/h9-11H,2-8H2,1H3;4H,2-3H2,1H3;1-2H3. The zero-order valence-corrected chi connectivity index (χ0v) is 13.4. The Hall–Kier alpha value is -0.410. The van der Waals surface area contributed by atoms with Crippen LogP contribution in [0, 0.1) is 11.8 Å². The molecule has 1 fully saturated rings. The van der Waals surface area contributed by atoms with E-state index in [1.807, 2.05) is 6.92 Å². The van der Waals surface area contributed by atoms with Crippen molar-refractivity contribution in [2.75, 3.05) is 20.8 Å². The minimum absolute atomic E-state index is 0.416. The number of carbonyl (C=O) groups is 1. The molecule has 3 nitrogen and oxygen atoms in total. The number of ether oxygens (including phenoxy) is 1. The fourth-order valence-corrected chi connectivity index (χ4v) is 2.23. The molecule has 1 aliphatic carbocycles. The lowest BCUT2D eigenvalue weighted by molar-refractivity contribution is -0.107. The number of aliphatic hydroxyl groups excluding tert-OH is 1. The molecule has 0 spiro atoms. The lowest BCUT2D eigenvalue weighted by Gasteiger charge is -2.26. The Morgan fingerprint density at radius 3 is 1.79 bits per heavy atom. The van der Waals surface area contributed by atoms with Gasteiger partial charge >= 0.3 is 0 Å². The first-order chi connectivity index (χ1) is 9.19. The van der Waals surface area contributed by atoms with Gasteiger partial charge in [0, 0.05) is 27.2 Å². The molecule has 0 heterocycles. The number of aliphatic hydroxyl groups is 1. The molecular weight excluding hydrogens is 240 g/mol. The fourth-order valence-electron chi connectivity index (χ4n) is 2.23. The van der Waals surface area contributed by atoms with Crippen molar-refractivity contribution in [3.63, 3.8) is 0 Å². The second kappa shape index (κ2) is 17.6. The van der Waals surface area contributed by atoms with Gasteiger partial charge < -0.3 is 14.6 Å². The molecular formula is C16H34O3. The van der Waals surface area contributed by atoms with Crippen LogP contribution in [0.25, 0.3) is 0 Å². The first-order valence-corrected chi connectivity index (χ1v) is 7.64. The summed E-state index contributed by atoms with van der Waals surface area (Å²) >= 11 is 0. The monoisotopic (exact) mass is 274 g/mol. The van der Waals surface area contributed by atoms with E-state index in [0.29, 0.717) is 18.9 Å². The van der Waals surface area contributed by atoms with Crippen LogP contribution in [0.5, 0.6) is 0 Å². The van der Waals surface area contributed by atoms with Gasteiger partial charge in [-0.25, -0.2) is 0 Å². The molecule has 0 aromatic rings. The minimum Gasteiger partial charge on any atom is -0.396 e. The number of carbonyl (C=O) groups excluding carboxylic acids is 1. The van der Waals surface area contributed by atoms with Gasteiger partial charge in [0.1, 0.15) is 6.29 Å². The van der Waals surface area contributed by atoms with E-state index in [0.717, 1.165) is 18.6 Å². The van der Waals surface area contributed by atoms with Crippen LogP contribution in [0.3, 0.4) is 0 Å². The van der Waals surface area contributed by atoms with Crippen molar-refractivity contribution in [1.82, 2.24) is 0 Å². The highest BCUT2D eigenvalue weighted by molar-refractivity contribution is 5.48. The van der Waals surface area contributed by atoms with Gasteiger partial charge in [0.2, 0.25) is 0 Å². The number of unbranched alkanes of at least 4 members (excludes halogenated alkanes) is 1. The first-order valence-electron chi connectivity index (χ1n) is 7.64. The van der Waals surface area contributed by atoms with E-state index in [9.17, 15) is 4.79 Å². The zero-order chi connectivity index (χ0) is 14.9. The molecule has 0 aromatic heterocycles. The highest BCUT2D eigenvalue weighted by atomic mass is 16.4. The number of rotatable bonds is 5. The molecule has 19 heavy (non-hydrogen) atoms. The van der Waals surface area contributed by atoms with Gasteiger partial charge in [0.25, 0.3) is 0 Å². The number of methoxy groups -OCH3 is 1. The maximum Gasteiger partial charge on any atom is 0.119 e. The lowest BCUT2D eigenvalue weighted by atomic mass is 9.80. The van der Waals surface area contributed by atoms with E-state index in [-0.39, 0.29) is 0 Å². The number of hydrogen-bond donors (Lipinski definition) is 1. The van der Waals surface area contributed by atoms with Crippen molar-refractivity contribution in [2.24, 2.45) is 11.8 Å². The predicted octanol–water partition coefficient (Wildman–Crippen LogP) is 3.83. The molecule has 1 rings (SSSR count). The Balaban J connectivity index is 0. The summed E-state index contributed by atoms with van der Waals surface area (Å²) in [5.41, 5.74) is 0. The van der Waals surface area contributed by atoms with Crippen molar-refractivity contribution in [1.29, 1.82) is 0 Å². The SMILES string of the molecule is CCCC1CCC(CO)CC1.CCCC=O.COC. The molecule has 0 saturated heterocycles. The highest BCUT2D eigenvalue weighted by Gasteiger charge is 2.19. The summed E-state index contributed by atoms with van der Waals surface area (Å²) in [6, 6.07) is 0. The van der Waals surface area contributed by atoms with Crippen LogP contribution in [0.4, 0.5) is 0 Å². The quantitative estimate of drug-likeness (QED) is 0.775. The average molecular weight is 274 g/mol. The molecule has 0 atom stereocenters. The molecule has 0 radical (unpaired) electrons. The van der Waals surface area contributed by atoms with E-state index in [1.165, 1.54) is 38.5 Å². The average Bonchev–Trinajstić information content (AvgIpc) is 2.42. The molecule has 0 aliphatic heterocycles. The summed E-state index contributed by atoms with van der Waals surface area (Å²) in [6.07, 6.45) is 10.6. The van der Waals surface area contributed by atoms with Crippen LogP contribution in [0.1, 0.15) is 65.2 Å². The Morgan fingerprint density at radius 2 is 1.53 bits per heavy atom. The van der Waals surface area contributed by atoms with Crippen molar-refractivity contribution >= 4 is 6.29 Å². The minimum atomic E-state index is 0.416. The zero-order valence-electron chi connectivity index (χ0n) is 13.4. The van der Waals surface area contributed by atoms with E-state index in [2.05, 4.69) is 11.7 Å². The normalized spacial score (nSPS) is 21.5. The number of aldehydes is 1. The van der Waals surface area contributed by atoms with Crippen LogP contribution >= 0.6 is 0 Å². The van der Waals surface area contributed by atoms with Gasteiger partial charge in [-0.3, -0.25) is 0 Å². The molecule has 116 valence electrons. The third kappa shape index (κ3) is 15.5.